The molecule has 0 aliphatic carbocycles. The summed E-state index contributed by atoms with van der Waals surface area (Å²) in [6, 6.07) is 7.62. The van der Waals surface area contributed by atoms with E-state index in [1.165, 1.54) is 0 Å². The molecular formula is C18H15N5OS. The highest BCUT2D eigenvalue weighted by atomic mass is 32.1. The van der Waals surface area contributed by atoms with Gasteiger partial charge in [0.2, 0.25) is 0 Å². The molecule has 3 aromatic heterocycles. The minimum atomic E-state index is -0.215. The highest BCUT2D eigenvalue weighted by molar-refractivity contribution is 7.15. The molecule has 6 nitrogen and oxygen atoms in total. The van der Waals surface area contributed by atoms with Gasteiger partial charge < -0.3 is 5.32 Å². The molecule has 0 saturated heterocycles. The zero-order valence-corrected chi connectivity index (χ0v) is 14.5. The SMILES string of the molecule is Cc1ncc(C(=O)Nc2ccc(-c3cn4ccsc4n3)cc2)c(C)n1. The second kappa shape index (κ2) is 6.10. The summed E-state index contributed by atoms with van der Waals surface area (Å²) in [4.78, 5) is 26.2. The van der Waals surface area contributed by atoms with Crippen LogP contribution in [0.2, 0.25) is 0 Å². The summed E-state index contributed by atoms with van der Waals surface area (Å²) in [6.45, 7) is 3.60. The molecule has 0 atom stereocenters. The maximum absolute atomic E-state index is 12.4. The number of amides is 1. The smallest absolute Gasteiger partial charge is 0.259 e. The molecule has 124 valence electrons. The van der Waals surface area contributed by atoms with E-state index in [4.69, 9.17) is 0 Å². The van der Waals surface area contributed by atoms with Crippen molar-refractivity contribution in [3.8, 4) is 11.3 Å². The number of rotatable bonds is 3. The van der Waals surface area contributed by atoms with E-state index >= 15 is 0 Å². The van der Waals surface area contributed by atoms with E-state index in [1.807, 2.05) is 46.4 Å². The van der Waals surface area contributed by atoms with E-state index in [1.54, 1.807) is 31.4 Å². The number of hydrogen-bond donors (Lipinski definition) is 1. The minimum Gasteiger partial charge on any atom is -0.322 e. The number of nitrogens with one attached hydrogen (secondary N) is 1. The van der Waals surface area contributed by atoms with Crippen LogP contribution in [0.15, 0.2) is 48.2 Å². The van der Waals surface area contributed by atoms with Crippen molar-refractivity contribution in [2.75, 3.05) is 5.32 Å². The highest BCUT2D eigenvalue weighted by Gasteiger charge is 2.12. The Morgan fingerprint density at radius 2 is 1.96 bits per heavy atom. The largest absolute Gasteiger partial charge is 0.322 e. The van der Waals surface area contributed by atoms with E-state index in [2.05, 4.69) is 20.3 Å². The topological polar surface area (TPSA) is 72.2 Å². The summed E-state index contributed by atoms with van der Waals surface area (Å²) >= 11 is 1.60. The predicted octanol–water partition coefficient (Wildman–Crippen LogP) is 3.72. The Morgan fingerprint density at radius 3 is 2.68 bits per heavy atom. The molecule has 25 heavy (non-hydrogen) atoms. The molecule has 0 aliphatic rings. The Balaban J connectivity index is 1.53. The summed E-state index contributed by atoms with van der Waals surface area (Å²) < 4.78 is 2.00. The van der Waals surface area contributed by atoms with E-state index < -0.39 is 0 Å². The first kappa shape index (κ1) is 15.5. The van der Waals surface area contributed by atoms with Crippen molar-refractivity contribution in [1.82, 2.24) is 19.4 Å². The molecule has 1 amide bonds. The number of thiazole rings is 1. The Hall–Kier alpha value is -3.06. The van der Waals surface area contributed by atoms with Crippen molar-refractivity contribution < 1.29 is 4.79 Å². The highest BCUT2D eigenvalue weighted by Crippen LogP contribution is 2.23. The van der Waals surface area contributed by atoms with Crippen LogP contribution in [0.25, 0.3) is 16.2 Å². The Morgan fingerprint density at radius 1 is 1.16 bits per heavy atom. The first-order valence-corrected chi connectivity index (χ1v) is 8.62. The second-order valence-corrected chi connectivity index (χ2v) is 6.54. The van der Waals surface area contributed by atoms with Gasteiger partial charge in [-0.3, -0.25) is 9.20 Å². The number of carbonyl (C=O) groups is 1. The molecule has 1 aromatic carbocycles. The quantitative estimate of drug-likeness (QED) is 0.612. The zero-order chi connectivity index (χ0) is 17.4. The Labute approximate surface area is 148 Å². The van der Waals surface area contributed by atoms with Crippen LogP contribution in [0.1, 0.15) is 21.9 Å². The third-order valence-electron chi connectivity index (χ3n) is 3.88. The van der Waals surface area contributed by atoms with E-state index in [9.17, 15) is 4.79 Å². The Bertz CT molecular complexity index is 1040. The van der Waals surface area contributed by atoms with Gasteiger partial charge in [0.25, 0.3) is 5.91 Å². The number of aromatic nitrogens is 4. The molecule has 0 radical (unpaired) electrons. The van der Waals surface area contributed by atoms with E-state index in [-0.39, 0.29) is 5.91 Å². The number of benzene rings is 1. The standard InChI is InChI=1S/C18H15N5OS/c1-11-15(9-19-12(2)20-11)17(24)21-14-5-3-13(4-6-14)16-10-23-7-8-25-18(23)22-16/h3-10H,1-2H3,(H,21,24). The van der Waals surface area contributed by atoms with Crippen LogP contribution in [0.3, 0.4) is 0 Å². The van der Waals surface area contributed by atoms with Gasteiger partial charge in [0.15, 0.2) is 4.96 Å². The van der Waals surface area contributed by atoms with Crippen molar-refractivity contribution in [3.63, 3.8) is 0 Å². The summed E-state index contributed by atoms with van der Waals surface area (Å²) in [7, 11) is 0. The monoisotopic (exact) mass is 349 g/mol. The van der Waals surface area contributed by atoms with Crippen LogP contribution >= 0.6 is 11.3 Å². The number of carbonyl (C=O) groups excluding carboxylic acids is 1. The maximum atomic E-state index is 12.4. The molecule has 4 rings (SSSR count). The summed E-state index contributed by atoms with van der Waals surface area (Å²) in [5.41, 5.74) is 3.77. The van der Waals surface area contributed by atoms with Crippen LogP contribution < -0.4 is 5.32 Å². The number of hydrogen-bond acceptors (Lipinski definition) is 5. The number of nitrogens with zero attached hydrogens (tertiary/aromatic N) is 4. The van der Waals surface area contributed by atoms with Crippen LogP contribution in [0, 0.1) is 13.8 Å². The lowest BCUT2D eigenvalue weighted by Crippen LogP contribution is -2.15. The lowest BCUT2D eigenvalue weighted by Gasteiger charge is -2.08. The van der Waals surface area contributed by atoms with Gasteiger partial charge in [-0.25, -0.2) is 15.0 Å². The lowest BCUT2D eigenvalue weighted by molar-refractivity contribution is 0.102. The van der Waals surface area contributed by atoms with Gasteiger partial charge in [-0.05, 0) is 26.0 Å². The molecule has 0 saturated carbocycles. The molecule has 1 N–H and O–H groups in total. The van der Waals surface area contributed by atoms with Gasteiger partial charge in [0, 0.05) is 35.2 Å². The fourth-order valence-corrected chi connectivity index (χ4v) is 3.30. The number of imidazole rings is 1. The molecule has 7 heteroatoms. The number of fused-ring (bicyclic) bond motifs is 1. The molecular weight excluding hydrogens is 334 g/mol. The van der Waals surface area contributed by atoms with Crippen LogP contribution in [0.5, 0.6) is 0 Å². The van der Waals surface area contributed by atoms with Crippen molar-refractivity contribution in [2.45, 2.75) is 13.8 Å². The average Bonchev–Trinajstić information content (AvgIpc) is 3.17. The summed E-state index contributed by atoms with van der Waals surface area (Å²) in [6.07, 6.45) is 5.53. The van der Waals surface area contributed by atoms with Crippen LogP contribution in [-0.2, 0) is 0 Å². The zero-order valence-electron chi connectivity index (χ0n) is 13.7. The summed E-state index contributed by atoms with van der Waals surface area (Å²) in [5, 5.41) is 4.88. The molecule has 0 aliphatic heterocycles. The average molecular weight is 349 g/mol. The predicted molar refractivity (Wildman–Crippen MR) is 98.0 cm³/mol. The van der Waals surface area contributed by atoms with Gasteiger partial charge in [-0.2, -0.15) is 0 Å². The third kappa shape index (κ3) is 3.01. The third-order valence-corrected chi connectivity index (χ3v) is 4.65. The summed E-state index contributed by atoms with van der Waals surface area (Å²) in [5.74, 6) is 0.436. The fraction of sp³-hybridized carbons (Fsp3) is 0.111. The van der Waals surface area contributed by atoms with E-state index in [0.717, 1.165) is 21.9 Å². The van der Waals surface area contributed by atoms with Gasteiger partial charge in [-0.1, -0.05) is 12.1 Å². The van der Waals surface area contributed by atoms with E-state index in [0.29, 0.717) is 17.1 Å². The first-order valence-electron chi connectivity index (χ1n) is 7.74. The fourth-order valence-electron chi connectivity index (χ4n) is 2.60. The molecule has 3 heterocycles. The van der Waals surface area contributed by atoms with Gasteiger partial charge in [0.05, 0.1) is 17.0 Å². The normalized spacial score (nSPS) is 11.0. The molecule has 0 spiro atoms. The number of anilines is 1. The minimum absolute atomic E-state index is 0.215. The molecule has 0 fully saturated rings. The molecule has 0 bridgehead atoms. The molecule has 4 aromatic rings. The lowest BCUT2D eigenvalue weighted by atomic mass is 10.1. The molecule has 0 unspecified atom stereocenters. The van der Waals surface area contributed by atoms with Crippen molar-refractivity contribution in [2.24, 2.45) is 0 Å². The Kier molecular flexibility index (Phi) is 3.77. The van der Waals surface area contributed by atoms with Gasteiger partial charge in [0.1, 0.15) is 5.82 Å². The second-order valence-electron chi connectivity index (χ2n) is 5.67. The van der Waals surface area contributed by atoms with Crippen molar-refractivity contribution in [1.29, 1.82) is 0 Å². The van der Waals surface area contributed by atoms with Crippen LogP contribution in [-0.4, -0.2) is 25.3 Å². The van der Waals surface area contributed by atoms with Crippen LogP contribution in [0.4, 0.5) is 5.69 Å². The maximum Gasteiger partial charge on any atom is 0.259 e. The van der Waals surface area contributed by atoms with Crippen molar-refractivity contribution in [3.05, 3.63) is 65.3 Å². The van der Waals surface area contributed by atoms with Gasteiger partial charge >= 0.3 is 0 Å². The van der Waals surface area contributed by atoms with Crippen molar-refractivity contribution >= 4 is 27.9 Å². The number of aryl methyl sites for hydroxylation is 2. The first-order chi connectivity index (χ1) is 12.1. The van der Waals surface area contributed by atoms with Gasteiger partial charge in [-0.15, -0.1) is 11.3 Å².